The Balaban J connectivity index is 2.01. The first kappa shape index (κ1) is 16.4. The van der Waals surface area contributed by atoms with Gasteiger partial charge in [0.15, 0.2) is 0 Å². The highest BCUT2D eigenvalue weighted by molar-refractivity contribution is 6.11. The number of nitrogens with one attached hydrogen (secondary N) is 2. The third-order valence-electron chi connectivity index (χ3n) is 3.71. The van der Waals surface area contributed by atoms with E-state index in [1.807, 2.05) is 0 Å². The van der Waals surface area contributed by atoms with Gasteiger partial charge < -0.3 is 20.1 Å². The van der Waals surface area contributed by atoms with E-state index in [4.69, 9.17) is 0 Å². The topological polar surface area (TPSA) is 117 Å². The number of carbonyl (C=O) groups excluding carboxylic acids is 2. The van der Waals surface area contributed by atoms with Crippen molar-refractivity contribution >= 4 is 28.6 Å². The molecule has 1 amide bonds. The average molecular weight is 340 g/mol. The highest BCUT2D eigenvalue weighted by Crippen LogP contribution is 2.30. The summed E-state index contributed by atoms with van der Waals surface area (Å²) in [4.78, 5) is 35.7. The second kappa shape index (κ2) is 6.23. The summed E-state index contributed by atoms with van der Waals surface area (Å²) >= 11 is 0. The molecule has 3 N–H and O–H groups in total. The van der Waals surface area contributed by atoms with Gasteiger partial charge in [0.1, 0.15) is 22.9 Å². The second-order valence-corrected chi connectivity index (χ2v) is 5.49. The molecule has 3 aromatic rings. The number of aromatic nitrogens is 3. The van der Waals surface area contributed by atoms with Gasteiger partial charge in [0.25, 0.3) is 5.91 Å². The number of anilines is 1. The summed E-state index contributed by atoms with van der Waals surface area (Å²) in [6.45, 7) is 3.30. The summed E-state index contributed by atoms with van der Waals surface area (Å²) in [5.41, 5.74) is 1.47. The van der Waals surface area contributed by atoms with Crippen LogP contribution in [-0.4, -0.2) is 39.0 Å². The van der Waals surface area contributed by atoms with Crippen LogP contribution < -0.4 is 5.32 Å². The zero-order chi connectivity index (χ0) is 18.1. The number of hydrogen-bond donors (Lipinski definition) is 3. The lowest BCUT2D eigenvalue weighted by atomic mass is 10.1. The monoisotopic (exact) mass is 340 g/mol. The lowest BCUT2D eigenvalue weighted by Crippen LogP contribution is -2.16. The molecule has 0 spiro atoms. The Bertz CT molecular complexity index is 994. The maximum Gasteiger partial charge on any atom is 0.337 e. The number of hydrogen-bond acceptors (Lipinski definition) is 6. The van der Waals surface area contributed by atoms with Crippen LogP contribution >= 0.6 is 0 Å². The molecule has 1 aromatic carbocycles. The van der Waals surface area contributed by atoms with E-state index in [9.17, 15) is 14.7 Å². The van der Waals surface area contributed by atoms with Crippen LogP contribution in [0.1, 0.15) is 32.2 Å². The molecule has 8 nitrogen and oxygen atoms in total. The number of H-pyrrole nitrogens is 1. The third kappa shape index (κ3) is 3.01. The summed E-state index contributed by atoms with van der Waals surface area (Å²) in [6.07, 6.45) is 1.66. The first-order valence-electron chi connectivity index (χ1n) is 7.45. The molecule has 0 fully saturated rings. The molecule has 2 heterocycles. The number of aryl methyl sites for hydroxylation is 2. The average Bonchev–Trinajstić information content (AvgIpc) is 3.05. The summed E-state index contributed by atoms with van der Waals surface area (Å²) in [5, 5.41) is 13.3. The molecule has 0 atom stereocenters. The number of carbonyl (C=O) groups is 2. The molecule has 0 saturated carbocycles. The van der Waals surface area contributed by atoms with Crippen molar-refractivity contribution in [3.05, 3.63) is 47.0 Å². The predicted molar refractivity (Wildman–Crippen MR) is 90.8 cm³/mol. The van der Waals surface area contributed by atoms with Crippen molar-refractivity contribution in [3.8, 4) is 5.75 Å². The summed E-state index contributed by atoms with van der Waals surface area (Å²) in [7, 11) is 1.26. The van der Waals surface area contributed by atoms with E-state index >= 15 is 0 Å². The quantitative estimate of drug-likeness (QED) is 0.497. The Labute approximate surface area is 142 Å². The maximum absolute atomic E-state index is 12.6. The molecular weight excluding hydrogens is 324 g/mol. The van der Waals surface area contributed by atoms with Crippen molar-refractivity contribution < 1.29 is 19.4 Å². The van der Waals surface area contributed by atoms with Crippen LogP contribution in [0.15, 0.2) is 24.4 Å². The lowest BCUT2D eigenvalue weighted by molar-refractivity contribution is 0.0600. The Hall–Kier alpha value is -3.42. The molecule has 2 aromatic heterocycles. The van der Waals surface area contributed by atoms with E-state index in [0.29, 0.717) is 22.4 Å². The van der Waals surface area contributed by atoms with Crippen LogP contribution in [0.5, 0.6) is 5.75 Å². The van der Waals surface area contributed by atoms with Crippen LogP contribution in [0.4, 0.5) is 5.69 Å². The number of aromatic amines is 1. The van der Waals surface area contributed by atoms with Crippen LogP contribution in [-0.2, 0) is 4.74 Å². The molecule has 25 heavy (non-hydrogen) atoms. The van der Waals surface area contributed by atoms with Crippen molar-refractivity contribution in [2.45, 2.75) is 13.8 Å². The molecule has 0 radical (unpaired) electrons. The fourth-order valence-electron chi connectivity index (χ4n) is 2.52. The number of aromatic hydroxyl groups is 1. The SMILES string of the molecule is COC(=O)c1cc(C)c(O)c(NC(=O)c2nc(C)nc3[nH]ccc23)c1. The number of ether oxygens (including phenoxy) is 1. The molecule has 0 aliphatic rings. The van der Waals surface area contributed by atoms with Crippen LogP contribution in [0.3, 0.4) is 0 Å². The highest BCUT2D eigenvalue weighted by Gasteiger charge is 2.18. The predicted octanol–water partition coefficient (Wildman–Crippen LogP) is 2.32. The number of fused-ring (bicyclic) bond motifs is 1. The van der Waals surface area contributed by atoms with E-state index in [1.165, 1.54) is 19.2 Å². The van der Waals surface area contributed by atoms with Gasteiger partial charge in [-0.15, -0.1) is 0 Å². The van der Waals surface area contributed by atoms with Crippen molar-refractivity contribution in [1.82, 2.24) is 15.0 Å². The van der Waals surface area contributed by atoms with Crippen molar-refractivity contribution in [1.29, 1.82) is 0 Å². The largest absolute Gasteiger partial charge is 0.505 e. The van der Waals surface area contributed by atoms with E-state index in [-0.39, 0.29) is 22.7 Å². The molecule has 3 rings (SSSR count). The molecule has 0 saturated heterocycles. The molecule has 0 aliphatic carbocycles. The molecule has 0 bridgehead atoms. The zero-order valence-corrected chi connectivity index (χ0v) is 13.9. The summed E-state index contributed by atoms with van der Waals surface area (Å²) in [5.74, 6) is -0.780. The molecule has 128 valence electrons. The van der Waals surface area contributed by atoms with E-state index < -0.39 is 11.9 Å². The fourth-order valence-corrected chi connectivity index (χ4v) is 2.52. The molecular formula is C17H16N4O4. The lowest BCUT2D eigenvalue weighted by Gasteiger charge is -2.11. The van der Waals surface area contributed by atoms with Gasteiger partial charge in [-0.1, -0.05) is 0 Å². The van der Waals surface area contributed by atoms with Gasteiger partial charge in [0.2, 0.25) is 0 Å². The smallest absolute Gasteiger partial charge is 0.337 e. The first-order valence-corrected chi connectivity index (χ1v) is 7.45. The number of benzene rings is 1. The van der Waals surface area contributed by atoms with E-state index in [1.54, 1.807) is 26.1 Å². The van der Waals surface area contributed by atoms with Crippen LogP contribution in [0, 0.1) is 13.8 Å². The number of methoxy groups -OCH3 is 1. The Kier molecular flexibility index (Phi) is 4.10. The van der Waals surface area contributed by atoms with Crippen LogP contribution in [0.2, 0.25) is 0 Å². The first-order chi connectivity index (χ1) is 11.9. The zero-order valence-electron chi connectivity index (χ0n) is 13.9. The Morgan fingerprint density at radius 2 is 2.00 bits per heavy atom. The second-order valence-electron chi connectivity index (χ2n) is 5.49. The number of amides is 1. The fraction of sp³-hybridized carbons (Fsp3) is 0.176. The van der Waals surface area contributed by atoms with E-state index in [2.05, 4.69) is 25.0 Å². The van der Waals surface area contributed by atoms with Crippen LogP contribution in [0.25, 0.3) is 11.0 Å². The maximum atomic E-state index is 12.6. The van der Waals surface area contributed by atoms with Gasteiger partial charge in [-0.25, -0.2) is 14.8 Å². The Morgan fingerprint density at radius 1 is 1.24 bits per heavy atom. The van der Waals surface area contributed by atoms with Gasteiger partial charge >= 0.3 is 5.97 Å². The molecule has 8 heteroatoms. The third-order valence-corrected chi connectivity index (χ3v) is 3.71. The van der Waals surface area contributed by atoms with Gasteiger partial charge in [-0.05, 0) is 37.6 Å². The minimum atomic E-state index is -0.565. The molecule has 0 unspecified atom stereocenters. The Morgan fingerprint density at radius 3 is 2.72 bits per heavy atom. The van der Waals surface area contributed by atoms with E-state index in [0.717, 1.165) is 0 Å². The number of esters is 1. The number of nitrogens with zero attached hydrogens (tertiary/aromatic N) is 2. The summed E-state index contributed by atoms with van der Waals surface area (Å²) < 4.78 is 4.68. The standard InChI is InChI=1S/C17H16N4O4/c1-8-6-10(17(24)25-3)7-12(14(8)22)21-16(23)13-11-4-5-18-15(11)20-9(2)19-13/h4-7,22H,1-3H3,(H,21,23)(H,18,19,20). The van der Waals surface area contributed by atoms with Gasteiger partial charge in [0.05, 0.1) is 23.7 Å². The summed E-state index contributed by atoms with van der Waals surface area (Å²) in [6, 6.07) is 4.53. The highest BCUT2D eigenvalue weighted by atomic mass is 16.5. The van der Waals surface area contributed by atoms with Crippen molar-refractivity contribution in [2.24, 2.45) is 0 Å². The molecule has 0 aliphatic heterocycles. The minimum Gasteiger partial charge on any atom is -0.505 e. The van der Waals surface area contributed by atoms with Gasteiger partial charge in [0, 0.05) is 6.20 Å². The normalized spacial score (nSPS) is 10.7. The number of rotatable bonds is 3. The van der Waals surface area contributed by atoms with Crippen molar-refractivity contribution in [2.75, 3.05) is 12.4 Å². The number of phenolic OH excluding ortho intramolecular Hbond substituents is 1. The van der Waals surface area contributed by atoms with Gasteiger partial charge in [-0.2, -0.15) is 0 Å². The minimum absolute atomic E-state index is 0.102. The van der Waals surface area contributed by atoms with Gasteiger partial charge in [-0.3, -0.25) is 4.79 Å². The number of phenols is 1. The van der Waals surface area contributed by atoms with Crippen molar-refractivity contribution in [3.63, 3.8) is 0 Å².